The summed E-state index contributed by atoms with van der Waals surface area (Å²) in [6, 6.07) is 17.4. The number of aromatic nitrogens is 1. The molecule has 0 N–H and O–H groups in total. The molecule has 3 nitrogen and oxygen atoms in total. The molecule has 1 aliphatic rings. The van der Waals surface area contributed by atoms with Crippen LogP contribution < -0.4 is 9.80 Å². The third-order valence-corrected chi connectivity index (χ3v) is 4.09. The van der Waals surface area contributed by atoms with Gasteiger partial charge in [0, 0.05) is 38.2 Å². The molecule has 0 saturated heterocycles. The third kappa shape index (κ3) is 2.48. The third-order valence-electron chi connectivity index (χ3n) is 3.22. The Hall–Kier alpha value is -1.68. The Kier molecular flexibility index (Phi) is 4.06. The van der Waals surface area contributed by atoms with Gasteiger partial charge in [0.1, 0.15) is 0 Å². The second-order valence-electron chi connectivity index (χ2n) is 4.42. The van der Waals surface area contributed by atoms with Crippen molar-refractivity contribution >= 4 is 33.4 Å². The molecule has 1 aliphatic heterocycles. The molecule has 0 fully saturated rings. The molecule has 2 aromatic heterocycles. The Balaban J connectivity index is 0.00000132. The standard InChI is InChI=1S/C16H11N3S.Ir/c1-2-5-13(6-3-1)18-12-19(16-7-4-10-20-16)14-8-9-17-11-15(14)18;/h1-5,7-12H;/q-2;. The van der Waals surface area contributed by atoms with E-state index in [1.54, 1.807) is 11.3 Å². The number of hydrogen-bond acceptors (Lipinski definition) is 4. The molecule has 5 heteroatoms. The molecule has 0 atom stereocenters. The SMILES string of the molecule is [Ir].[c-]1ccccc1N1[CH-]N(c2cccs2)c2ccncc21. The Bertz CT molecular complexity index is 715. The largest absolute Gasteiger partial charge is 0.492 e. The van der Waals surface area contributed by atoms with Gasteiger partial charge in [-0.15, -0.1) is 23.7 Å². The number of para-hydroxylation sites is 1. The minimum absolute atomic E-state index is 0. The summed E-state index contributed by atoms with van der Waals surface area (Å²) in [5, 5.41) is 3.28. The Morgan fingerprint density at radius 3 is 2.76 bits per heavy atom. The second kappa shape index (κ2) is 5.98. The molecule has 0 spiro atoms. The molecular formula is C16H11IrN3S-2. The van der Waals surface area contributed by atoms with E-state index in [0.29, 0.717) is 0 Å². The molecule has 107 valence electrons. The van der Waals surface area contributed by atoms with Crippen LogP contribution in [0, 0.1) is 12.7 Å². The fourth-order valence-corrected chi connectivity index (χ4v) is 3.03. The van der Waals surface area contributed by atoms with Crippen molar-refractivity contribution in [2.24, 2.45) is 0 Å². The van der Waals surface area contributed by atoms with Crippen LogP contribution in [0.25, 0.3) is 0 Å². The van der Waals surface area contributed by atoms with Crippen molar-refractivity contribution in [2.45, 2.75) is 0 Å². The number of benzene rings is 1. The number of nitrogens with zero attached hydrogens (tertiary/aromatic N) is 3. The summed E-state index contributed by atoms with van der Waals surface area (Å²) in [4.78, 5) is 8.55. The fourth-order valence-electron chi connectivity index (χ4n) is 2.32. The molecule has 1 radical (unpaired) electrons. The first-order chi connectivity index (χ1) is 9.93. The summed E-state index contributed by atoms with van der Waals surface area (Å²) in [6.07, 6.45) is 3.71. The molecule has 0 saturated carbocycles. The summed E-state index contributed by atoms with van der Waals surface area (Å²) < 4.78 is 0. The van der Waals surface area contributed by atoms with Gasteiger partial charge >= 0.3 is 0 Å². The Morgan fingerprint density at radius 1 is 1.05 bits per heavy atom. The van der Waals surface area contributed by atoms with Gasteiger partial charge in [-0.3, -0.25) is 4.98 Å². The van der Waals surface area contributed by atoms with E-state index in [-0.39, 0.29) is 20.1 Å². The number of fused-ring (bicyclic) bond motifs is 1. The first kappa shape index (κ1) is 14.3. The van der Waals surface area contributed by atoms with E-state index in [2.05, 4.69) is 45.0 Å². The van der Waals surface area contributed by atoms with Crippen LogP contribution in [0.2, 0.25) is 0 Å². The summed E-state index contributed by atoms with van der Waals surface area (Å²) in [7, 11) is 0. The molecule has 4 rings (SSSR count). The predicted molar refractivity (Wildman–Crippen MR) is 82.4 cm³/mol. The van der Waals surface area contributed by atoms with Crippen molar-refractivity contribution in [3.05, 3.63) is 73.0 Å². The quantitative estimate of drug-likeness (QED) is 0.521. The van der Waals surface area contributed by atoms with Gasteiger partial charge in [-0.1, -0.05) is 0 Å². The van der Waals surface area contributed by atoms with E-state index < -0.39 is 0 Å². The van der Waals surface area contributed by atoms with Crippen LogP contribution in [0.15, 0.2) is 60.2 Å². The van der Waals surface area contributed by atoms with E-state index in [1.165, 1.54) is 5.00 Å². The minimum Gasteiger partial charge on any atom is -0.492 e. The number of rotatable bonds is 2. The topological polar surface area (TPSA) is 19.4 Å². The first-order valence-electron chi connectivity index (χ1n) is 6.31. The van der Waals surface area contributed by atoms with E-state index >= 15 is 0 Å². The first-order valence-corrected chi connectivity index (χ1v) is 7.19. The van der Waals surface area contributed by atoms with Gasteiger partial charge in [0.15, 0.2) is 0 Å². The van der Waals surface area contributed by atoms with Gasteiger partial charge in [-0.2, -0.15) is 30.3 Å². The number of pyridine rings is 1. The fraction of sp³-hybridized carbons (Fsp3) is 0. The van der Waals surface area contributed by atoms with Crippen molar-refractivity contribution in [1.82, 2.24) is 4.98 Å². The van der Waals surface area contributed by atoms with Crippen molar-refractivity contribution in [2.75, 3.05) is 9.80 Å². The maximum Gasteiger partial charge on any atom is 0.0672 e. The maximum absolute atomic E-state index is 4.25. The maximum atomic E-state index is 4.25. The molecule has 1 aromatic carbocycles. The zero-order valence-corrected chi connectivity index (χ0v) is 14.1. The molecule has 3 heterocycles. The van der Waals surface area contributed by atoms with Crippen molar-refractivity contribution < 1.29 is 20.1 Å². The van der Waals surface area contributed by atoms with E-state index in [1.807, 2.05) is 42.7 Å². The second-order valence-corrected chi connectivity index (χ2v) is 5.35. The molecule has 0 bridgehead atoms. The van der Waals surface area contributed by atoms with Crippen LogP contribution in [-0.4, -0.2) is 4.98 Å². The number of hydrogen-bond donors (Lipinski definition) is 0. The zero-order chi connectivity index (χ0) is 13.4. The van der Waals surface area contributed by atoms with E-state index in [4.69, 9.17) is 0 Å². The van der Waals surface area contributed by atoms with Crippen LogP contribution in [0.5, 0.6) is 0 Å². The molecule has 0 aliphatic carbocycles. The van der Waals surface area contributed by atoms with Gasteiger partial charge in [-0.05, 0) is 23.6 Å². The van der Waals surface area contributed by atoms with Crippen molar-refractivity contribution in [1.29, 1.82) is 0 Å². The van der Waals surface area contributed by atoms with Crippen LogP contribution in [0.1, 0.15) is 0 Å². The monoisotopic (exact) mass is 470 g/mol. The molecule has 0 unspecified atom stereocenters. The van der Waals surface area contributed by atoms with Gasteiger partial charge in [0.05, 0.1) is 10.7 Å². The van der Waals surface area contributed by atoms with Crippen molar-refractivity contribution in [3.8, 4) is 0 Å². The van der Waals surface area contributed by atoms with Crippen LogP contribution in [0.4, 0.5) is 22.1 Å². The number of anilines is 4. The van der Waals surface area contributed by atoms with Gasteiger partial charge in [-0.25, -0.2) is 0 Å². The smallest absolute Gasteiger partial charge is 0.0672 e. The summed E-state index contributed by atoms with van der Waals surface area (Å²) in [5.74, 6) is 0. The van der Waals surface area contributed by atoms with E-state index in [9.17, 15) is 0 Å². The summed E-state index contributed by atoms with van der Waals surface area (Å²) in [6.45, 7) is 2.09. The van der Waals surface area contributed by atoms with Gasteiger partial charge in [0.2, 0.25) is 0 Å². The molecule has 21 heavy (non-hydrogen) atoms. The van der Waals surface area contributed by atoms with Gasteiger partial charge in [0.25, 0.3) is 0 Å². The average Bonchev–Trinajstić information content (AvgIpc) is 3.15. The minimum atomic E-state index is 0. The Morgan fingerprint density at radius 2 is 2.00 bits per heavy atom. The normalized spacial score (nSPS) is 13.0. The summed E-state index contributed by atoms with van der Waals surface area (Å²) >= 11 is 1.72. The van der Waals surface area contributed by atoms with E-state index in [0.717, 1.165) is 17.1 Å². The molecule has 3 aromatic rings. The van der Waals surface area contributed by atoms with Crippen molar-refractivity contribution in [3.63, 3.8) is 0 Å². The predicted octanol–water partition coefficient (Wildman–Crippen LogP) is 4.35. The van der Waals surface area contributed by atoms with Crippen LogP contribution in [0.3, 0.4) is 0 Å². The van der Waals surface area contributed by atoms with Crippen LogP contribution in [-0.2, 0) is 20.1 Å². The average molecular weight is 470 g/mol. The van der Waals surface area contributed by atoms with Crippen LogP contribution >= 0.6 is 11.3 Å². The zero-order valence-electron chi connectivity index (χ0n) is 10.9. The number of thiophene rings is 1. The summed E-state index contributed by atoms with van der Waals surface area (Å²) in [5.41, 5.74) is 3.23. The Labute approximate surface area is 141 Å². The molecule has 0 amide bonds. The van der Waals surface area contributed by atoms with Gasteiger partial charge < -0.3 is 9.80 Å². The molecular weight excluding hydrogens is 458 g/mol.